The molecule has 0 bridgehead atoms. The van der Waals surface area contributed by atoms with Gasteiger partial charge < -0.3 is 9.47 Å². The summed E-state index contributed by atoms with van der Waals surface area (Å²) in [5, 5.41) is 7.57. The number of benzene rings is 1. The number of rotatable bonds is 7. The number of para-hydroxylation sites is 1. The number of hydrogen-bond donors (Lipinski definition) is 1. The number of H-pyrrole nitrogens is 1. The van der Waals surface area contributed by atoms with Gasteiger partial charge in [0, 0.05) is 26.1 Å². The Morgan fingerprint density at radius 3 is 2.88 bits per heavy atom. The Hall–Kier alpha value is -1.92. The SMILES string of the molecule is CO[C@@H]1C[C@@H](c2nc(C3CC3)n[nH]2)N(CCOc2ccccc2C)C1. The largest absolute Gasteiger partial charge is 0.492 e. The highest BCUT2D eigenvalue weighted by atomic mass is 16.5. The van der Waals surface area contributed by atoms with Gasteiger partial charge in [0.15, 0.2) is 5.82 Å². The molecule has 6 nitrogen and oxygen atoms in total. The summed E-state index contributed by atoms with van der Waals surface area (Å²) in [5.41, 5.74) is 1.17. The zero-order chi connectivity index (χ0) is 17.2. The molecule has 0 unspecified atom stereocenters. The Balaban J connectivity index is 1.39. The molecule has 1 aromatic carbocycles. The lowest BCUT2D eigenvalue weighted by Crippen LogP contribution is -2.30. The highest BCUT2D eigenvalue weighted by Crippen LogP contribution is 2.39. The molecule has 1 aliphatic heterocycles. The lowest BCUT2D eigenvalue weighted by atomic mass is 10.2. The third kappa shape index (κ3) is 3.70. The van der Waals surface area contributed by atoms with E-state index in [4.69, 9.17) is 14.5 Å². The molecule has 1 saturated heterocycles. The van der Waals surface area contributed by atoms with Crippen LogP contribution in [-0.4, -0.2) is 53.0 Å². The van der Waals surface area contributed by atoms with E-state index in [9.17, 15) is 0 Å². The van der Waals surface area contributed by atoms with Crippen molar-refractivity contribution in [1.82, 2.24) is 20.1 Å². The maximum atomic E-state index is 5.98. The number of ether oxygens (including phenoxy) is 2. The van der Waals surface area contributed by atoms with Gasteiger partial charge >= 0.3 is 0 Å². The predicted octanol–water partition coefficient (Wildman–Crippen LogP) is 2.83. The third-order valence-electron chi connectivity index (χ3n) is 5.21. The van der Waals surface area contributed by atoms with Gasteiger partial charge in [-0.1, -0.05) is 18.2 Å². The quantitative estimate of drug-likeness (QED) is 0.838. The van der Waals surface area contributed by atoms with Gasteiger partial charge in [-0.05, 0) is 37.8 Å². The standard InChI is InChI=1S/C19H26N4O2/c1-13-5-3-4-6-17(13)25-10-9-23-12-15(24-2)11-16(23)19-20-18(21-22-19)14-7-8-14/h3-6,14-16H,7-12H2,1-2H3,(H,20,21,22)/t15-,16+/m1/s1. The average Bonchev–Trinajstić information content (AvgIpc) is 3.21. The van der Waals surface area contributed by atoms with Crippen LogP contribution in [0.5, 0.6) is 5.75 Å². The fraction of sp³-hybridized carbons (Fsp3) is 0.579. The van der Waals surface area contributed by atoms with Gasteiger partial charge in [0.1, 0.15) is 18.2 Å². The van der Waals surface area contributed by atoms with Crippen LogP contribution in [-0.2, 0) is 4.74 Å². The lowest BCUT2D eigenvalue weighted by molar-refractivity contribution is 0.105. The number of aromatic nitrogens is 3. The normalized spacial score (nSPS) is 23.9. The monoisotopic (exact) mass is 342 g/mol. The number of nitrogens with one attached hydrogen (secondary N) is 1. The molecule has 2 atom stereocenters. The van der Waals surface area contributed by atoms with Crippen molar-refractivity contribution >= 4 is 0 Å². The lowest BCUT2D eigenvalue weighted by Gasteiger charge is -2.22. The molecule has 1 aliphatic carbocycles. The van der Waals surface area contributed by atoms with Gasteiger partial charge in [0.25, 0.3) is 0 Å². The van der Waals surface area contributed by atoms with Gasteiger partial charge in [-0.2, -0.15) is 5.10 Å². The summed E-state index contributed by atoms with van der Waals surface area (Å²) in [7, 11) is 1.78. The minimum atomic E-state index is 0.227. The Kier molecular flexibility index (Phi) is 4.72. The van der Waals surface area contributed by atoms with Crippen LogP contribution in [0.4, 0.5) is 0 Å². The Morgan fingerprint density at radius 2 is 2.12 bits per heavy atom. The van der Waals surface area contributed by atoms with E-state index in [-0.39, 0.29) is 12.1 Å². The average molecular weight is 342 g/mol. The molecule has 2 aromatic rings. The first-order valence-electron chi connectivity index (χ1n) is 9.12. The Bertz CT molecular complexity index is 713. The van der Waals surface area contributed by atoms with Crippen LogP contribution < -0.4 is 4.74 Å². The number of nitrogens with zero attached hydrogens (tertiary/aromatic N) is 3. The second-order valence-corrected chi connectivity index (χ2v) is 7.07. The van der Waals surface area contributed by atoms with Gasteiger partial charge in [0.05, 0.1) is 12.1 Å². The first-order chi connectivity index (χ1) is 12.2. The summed E-state index contributed by atoms with van der Waals surface area (Å²) in [4.78, 5) is 7.14. The number of likely N-dealkylation sites (tertiary alicyclic amines) is 1. The molecule has 1 N–H and O–H groups in total. The number of hydrogen-bond acceptors (Lipinski definition) is 5. The van der Waals surface area contributed by atoms with Crippen molar-refractivity contribution in [2.75, 3.05) is 26.8 Å². The molecule has 25 heavy (non-hydrogen) atoms. The third-order valence-corrected chi connectivity index (χ3v) is 5.21. The zero-order valence-electron chi connectivity index (χ0n) is 14.9. The number of methoxy groups -OCH3 is 1. The summed E-state index contributed by atoms with van der Waals surface area (Å²) in [6.07, 6.45) is 3.62. The van der Waals surface area contributed by atoms with Crippen LogP contribution >= 0.6 is 0 Å². The van der Waals surface area contributed by atoms with E-state index in [0.717, 1.165) is 36.9 Å². The number of aryl methyl sites for hydroxylation is 1. The van der Waals surface area contributed by atoms with Crippen LogP contribution in [0, 0.1) is 6.92 Å². The minimum Gasteiger partial charge on any atom is -0.492 e. The molecule has 1 saturated carbocycles. The van der Waals surface area contributed by atoms with Gasteiger partial charge in [0.2, 0.25) is 0 Å². The first-order valence-corrected chi connectivity index (χ1v) is 9.12. The summed E-state index contributed by atoms with van der Waals surface area (Å²) >= 11 is 0. The smallest absolute Gasteiger partial charge is 0.153 e. The van der Waals surface area contributed by atoms with Crippen molar-refractivity contribution in [3.8, 4) is 5.75 Å². The molecule has 2 fully saturated rings. The van der Waals surface area contributed by atoms with Crippen LogP contribution in [0.25, 0.3) is 0 Å². The van der Waals surface area contributed by atoms with E-state index in [0.29, 0.717) is 12.5 Å². The molecule has 0 amide bonds. The van der Waals surface area contributed by atoms with Crippen LogP contribution in [0.2, 0.25) is 0 Å². The van der Waals surface area contributed by atoms with Crippen molar-refractivity contribution in [2.45, 2.75) is 44.2 Å². The van der Waals surface area contributed by atoms with E-state index in [1.54, 1.807) is 7.11 Å². The van der Waals surface area contributed by atoms with Gasteiger partial charge in [-0.25, -0.2) is 4.98 Å². The molecule has 2 aliphatic rings. The Labute approximate surface area is 148 Å². The second-order valence-electron chi connectivity index (χ2n) is 7.07. The van der Waals surface area contributed by atoms with Crippen LogP contribution in [0.15, 0.2) is 24.3 Å². The highest BCUT2D eigenvalue weighted by molar-refractivity contribution is 5.31. The molecule has 2 heterocycles. The topological polar surface area (TPSA) is 63.3 Å². The van der Waals surface area contributed by atoms with E-state index in [2.05, 4.69) is 28.1 Å². The molecule has 134 valence electrons. The Morgan fingerprint density at radius 1 is 1.28 bits per heavy atom. The van der Waals surface area contributed by atoms with E-state index in [1.165, 1.54) is 18.4 Å². The van der Waals surface area contributed by atoms with Crippen LogP contribution in [0.3, 0.4) is 0 Å². The zero-order valence-corrected chi connectivity index (χ0v) is 14.9. The summed E-state index contributed by atoms with van der Waals surface area (Å²) < 4.78 is 11.6. The van der Waals surface area contributed by atoms with Crippen molar-refractivity contribution in [3.05, 3.63) is 41.5 Å². The second kappa shape index (κ2) is 7.14. The molecular formula is C19H26N4O2. The molecular weight excluding hydrogens is 316 g/mol. The summed E-state index contributed by atoms with van der Waals surface area (Å²) in [6.45, 7) is 4.47. The summed E-state index contributed by atoms with van der Waals surface area (Å²) in [5.74, 6) is 3.48. The minimum absolute atomic E-state index is 0.227. The van der Waals surface area contributed by atoms with Crippen molar-refractivity contribution in [2.24, 2.45) is 0 Å². The van der Waals surface area contributed by atoms with E-state index in [1.807, 2.05) is 18.2 Å². The van der Waals surface area contributed by atoms with Crippen LogP contribution in [0.1, 0.15) is 48.4 Å². The maximum Gasteiger partial charge on any atom is 0.153 e. The summed E-state index contributed by atoms with van der Waals surface area (Å²) in [6, 6.07) is 8.36. The molecule has 4 rings (SSSR count). The number of aromatic amines is 1. The predicted molar refractivity (Wildman–Crippen MR) is 94.8 cm³/mol. The highest BCUT2D eigenvalue weighted by Gasteiger charge is 2.36. The van der Waals surface area contributed by atoms with Gasteiger partial charge in [-0.3, -0.25) is 10.00 Å². The first kappa shape index (κ1) is 16.5. The fourth-order valence-electron chi connectivity index (χ4n) is 3.52. The molecule has 6 heteroatoms. The maximum absolute atomic E-state index is 5.98. The molecule has 0 radical (unpaired) electrons. The van der Waals surface area contributed by atoms with Crippen molar-refractivity contribution in [3.63, 3.8) is 0 Å². The fourth-order valence-corrected chi connectivity index (χ4v) is 3.52. The molecule has 0 spiro atoms. The molecule has 1 aromatic heterocycles. The van der Waals surface area contributed by atoms with Gasteiger partial charge in [-0.15, -0.1) is 0 Å². The van der Waals surface area contributed by atoms with E-state index >= 15 is 0 Å². The van der Waals surface area contributed by atoms with E-state index < -0.39 is 0 Å². The van der Waals surface area contributed by atoms with Crippen molar-refractivity contribution in [1.29, 1.82) is 0 Å². The van der Waals surface area contributed by atoms with Crippen molar-refractivity contribution < 1.29 is 9.47 Å².